The van der Waals surface area contributed by atoms with Crippen molar-refractivity contribution in [2.24, 2.45) is 5.92 Å². The van der Waals surface area contributed by atoms with Gasteiger partial charge in [0.1, 0.15) is 11.5 Å². The summed E-state index contributed by atoms with van der Waals surface area (Å²) in [6.07, 6.45) is 1.83. The van der Waals surface area contributed by atoms with Crippen molar-refractivity contribution in [1.29, 1.82) is 0 Å². The molecular formula is C22H25N3O3S. The summed E-state index contributed by atoms with van der Waals surface area (Å²) >= 11 is 1.64. The zero-order valence-electron chi connectivity index (χ0n) is 16.9. The van der Waals surface area contributed by atoms with Crippen molar-refractivity contribution in [2.45, 2.75) is 19.8 Å². The third-order valence-electron chi connectivity index (χ3n) is 5.26. The van der Waals surface area contributed by atoms with E-state index in [1.165, 1.54) is 0 Å². The number of piperidine rings is 1. The summed E-state index contributed by atoms with van der Waals surface area (Å²) in [5, 5.41) is 4.02. The number of methoxy groups -OCH3 is 2. The molecule has 1 N–H and O–H groups in total. The summed E-state index contributed by atoms with van der Waals surface area (Å²) in [4.78, 5) is 19.9. The molecule has 1 aliphatic heterocycles. The predicted octanol–water partition coefficient (Wildman–Crippen LogP) is 4.48. The molecule has 1 atom stereocenters. The first kappa shape index (κ1) is 19.5. The van der Waals surface area contributed by atoms with Crippen LogP contribution in [0.4, 0.5) is 10.8 Å². The first-order chi connectivity index (χ1) is 14.1. The lowest BCUT2D eigenvalue weighted by atomic mass is 9.97. The van der Waals surface area contributed by atoms with Crippen LogP contribution in [-0.2, 0) is 4.79 Å². The number of rotatable bonds is 5. The number of anilines is 2. The first-order valence-electron chi connectivity index (χ1n) is 9.72. The van der Waals surface area contributed by atoms with Crippen LogP contribution in [-0.4, -0.2) is 38.2 Å². The van der Waals surface area contributed by atoms with Gasteiger partial charge in [-0.2, -0.15) is 0 Å². The maximum atomic E-state index is 13.0. The number of aromatic nitrogens is 1. The number of aryl methyl sites for hydroxylation is 1. The predicted molar refractivity (Wildman–Crippen MR) is 117 cm³/mol. The molecule has 1 amide bonds. The third-order valence-corrected chi connectivity index (χ3v) is 6.34. The highest BCUT2D eigenvalue weighted by Crippen LogP contribution is 2.34. The van der Waals surface area contributed by atoms with Gasteiger partial charge in [-0.15, -0.1) is 0 Å². The van der Waals surface area contributed by atoms with Crippen molar-refractivity contribution in [3.8, 4) is 11.5 Å². The molecule has 29 heavy (non-hydrogen) atoms. The van der Waals surface area contributed by atoms with Crippen LogP contribution in [0.25, 0.3) is 10.2 Å². The van der Waals surface area contributed by atoms with Gasteiger partial charge in [0.2, 0.25) is 5.91 Å². The van der Waals surface area contributed by atoms with Gasteiger partial charge in [-0.25, -0.2) is 4.98 Å². The zero-order valence-corrected chi connectivity index (χ0v) is 17.7. The van der Waals surface area contributed by atoms with Crippen LogP contribution in [0.15, 0.2) is 36.4 Å². The Kier molecular flexibility index (Phi) is 5.58. The number of nitrogens with zero attached hydrogens (tertiary/aromatic N) is 2. The highest BCUT2D eigenvalue weighted by atomic mass is 32.1. The second-order valence-electron chi connectivity index (χ2n) is 7.31. The van der Waals surface area contributed by atoms with Crippen molar-refractivity contribution in [3.63, 3.8) is 0 Å². The van der Waals surface area contributed by atoms with Crippen LogP contribution >= 0.6 is 11.3 Å². The normalized spacial score (nSPS) is 16.7. The number of thiazole rings is 1. The van der Waals surface area contributed by atoms with Gasteiger partial charge in [0.25, 0.3) is 0 Å². The molecule has 0 radical (unpaired) electrons. The number of carbonyl (C=O) groups excluding carboxylic acids is 1. The number of benzene rings is 2. The van der Waals surface area contributed by atoms with Gasteiger partial charge >= 0.3 is 0 Å². The quantitative estimate of drug-likeness (QED) is 0.671. The van der Waals surface area contributed by atoms with Crippen molar-refractivity contribution in [3.05, 3.63) is 42.0 Å². The van der Waals surface area contributed by atoms with Crippen molar-refractivity contribution in [2.75, 3.05) is 37.5 Å². The molecule has 1 fully saturated rings. The molecular weight excluding hydrogens is 386 g/mol. The van der Waals surface area contributed by atoms with E-state index in [0.29, 0.717) is 12.3 Å². The fourth-order valence-electron chi connectivity index (χ4n) is 3.67. The number of carbonyl (C=O) groups is 1. The van der Waals surface area contributed by atoms with E-state index in [1.807, 2.05) is 43.3 Å². The topological polar surface area (TPSA) is 63.7 Å². The SMILES string of the molecule is COc1ccc2nc(N3CCCC(C(=O)Nc4cc(C)ccc4OC)C3)sc2c1. The molecule has 1 unspecified atom stereocenters. The van der Waals surface area contributed by atoms with Crippen LogP contribution in [0, 0.1) is 12.8 Å². The van der Waals surface area contributed by atoms with Crippen LogP contribution in [0.1, 0.15) is 18.4 Å². The molecule has 3 aromatic rings. The van der Waals surface area contributed by atoms with Gasteiger partial charge in [0.15, 0.2) is 5.13 Å². The Labute approximate surface area is 174 Å². The molecule has 4 rings (SSSR count). The lowest BCUT2D eigenvalue weighted by Crippen LogP contribution is -2.40. The van der Waals surface area contributed by atoms with E-state index >= 15 is 0 Å². The van der Waals surface area contributed by atoms with Gasteiger partial charge in [-0.05, 0) is 55.7 Å². The van der Waals surface area contributed by atoms with Crippen molar-refractivity contribution >= 4 is 38.3 Å². The summed E-state index contributed by atoms with van der Waals surface area (Å²) in [5.41, 5.74) is 2.76. The minimum atomic E-state index is -0.0875. The zero-order chi connectivity index (χ0) is 20.4. The minimum Gasteiger partial charge on any atom is -0.497 e. The van der Waals surface area contributed by atoms with E-state index in [1.54, 1.807) is 25.6 Å². The number of hydrogen-bond donors (Lipinski definition) is 1. The molecule has 0 bridgehead atoms. The van der Waals surface area contributed by atoms with E-state index in [9.17, 15) is 4.79 Å². The van der Waals surface area contributed by atoms with E-state index in [4.69, 9.17) is 14.5 Å². The van der Waals surface area contributed by atoms with Gasteiger partial charge in [-0.1, -0.05) is 17.4 Å². The maximum absolute atomic E-state index is 13.0. The van der Waals surface area contributed by atoms with Gasteiger partial charge in [0, 0.05) is 13.1 Å². The summed E-state index contributed by atoms with van der Waals surface area (Å²) in [6, 6.07) is 11.7. The maximum Gasteiger partial charge on any atom is 0.229 e. The number of nitrogens with one attached hydrogen (secondary N) is 1. The van der Waals surface area contributed by atoms with Gasteiger partial charge < -0.3 is 19.7 Å². The fraction of sp³-hybridized carbons (Fsp3) is 0.364. The molecule has 0 saturated carbocycles. The van der Waals surface area contributed by atoms with E-state index in [-0.39, 0.29) is 11.8 Å². The molecule has 1 aliphatic rings. The second-order valence-corrected chi connectivity index (χ2v) is 8.32. The highest BCUT2D eigenvalue weighted by Gasteiger charge is 2.28. The van der Waals surface area contributed by atoms with Crippen LogP contribution in [0.2, 0.25) is 0 Å². The fourth-order valence-corrected chi connectivity index (χ4v) is 4.70. The Hall–Kier alpha value is -2.80. The number of fused-ring (bicyclic) bond motifs is 1. The highest BCUT2D eigenvalue weighted by molar-refractivity contribution is 7.22. The first-order valence-corrected chi connectivity index (χ1v) is 10.5. The summed E-state index contributed by atoms with van der Waals surface area (Å²) in [6.45, 7) is 3.57. The summed E-state index contributed by atoms with van der Waals surface area (Å²) < 4.78 is 11.8. The molecule has 1 saturated heterocycles. The Morgan fingerprint density at radius 3 is 2.86 bits per heavy atom. The van der Waals surface area contributed by atoms with E-state index in [0.717, 1.165) is 51.7 Å². The Balaban J connectivity index is 1.49. The van der Waals surface area contributed by atoms with Crippen LogP contribution < -0.4 is 19.7 Å². The molecule has 6 nitrogen and oxygen atoms in total. The van der Waals surface area contributed by atoms with Crippen molar-refractivity contribution in [1.82, 2.24) is 4.98 Å². The van der Waals surface area contributed by atoms with E-state index < -0.39 is 0 Å². The summed E-state index contributed by atoms with van der Waals surface area (Å²) in [5.74, 6) is 1.45. The molecule has 7 heteroatoms. The average molecular weight is 412 g/mol. The standard InChI is InChI=1S/C22H25N3O3S/c1-14-6-9-19(28-3)18(11-14)23-21(26)15-5-4-10-25(13-15)22-24-17-8-7-16(27-2)12-20(17)29-22/h6-9,11-12,15H,4-5,10,13H2,1-3H3,(H,23,26). The smallest absolute Gasteiger partial charge is 0.229 e. The largest absolute Gasteiger partial charge is 0.497 e. The molecule has 2 aromatic carbocycles. The van der Waals surface area contributed by atoms with Crippen molar-refractivity contribution < 1.29 is 14.3 Å². The van der Waals surface area contributed by atoms with Gasteiger partial charge in [-0.3, -0.25) is 4.79 Å². The molecule has 1 aromatic heterocycles. The monoisotopic (exact) mass is 411 g/mol. The summed E-state index contributed by atoms with van der Waals surface area (Å²) in [7, 11) is 3.28. The van der Waals surface area contributed by atoms with Crippen LogP contribution in [0.3, 0.4) is 0 Å². The number of ether oxygens (including phenoxy) is 2. The van der Waals surface area contributed by atoms with Crippen LogP contribution in [0.5, 0.6) is 11.5 Å². The molecule has 2 heterocycles. The Bertz CT molecular complexity index is 1030. The molecule has 0 spiro atoms. The molecule has 152 valence electrons. The molecule has 0 aliphatic carbocycles. The average Bonchev–Trinajstić information content (AvgIpc) is 3.17. The lowest BCUT2D eigenvalue weighted by Gasteiger charge is -2.31. The third kappa shape index (κ3) is 4.15. The second kappa shape index (κ2) is 8.29. The van der Waals surface area contributed by atoms with Gasteiger partial charge in [0.05, 0.1) is 36.0 Å². The lowest BCUT2D eigenvalue weighted by molar-refractivity contribution is -0.120. The van der Waals surface area contributed by atoms with E-state index in [2.05, 4.69) is 10.2 Å². The minimum absolute atomic E-state index is 0.0291. The Morgan fingerprint density at radius 2 is 2.07 bits per heavy atom. The Morgan fingerprint density at radius 1 is 1.21 bits per heavy atom. The number of hydrogen-bond acceptors (Lipinski definition) is 6. The number of amides is 1.